The van der Waals surface area contributed by atoms with Gasteiger partial charge < -0.3 is 15.5 Å². The molecule has 0 unspecified atom stereocenters. The number of anilines is 2. The van der Waals surface area contributed by atoms with Gasteiger partial charge in [-0.1, -0.05) is 60.3 Å². The zero-order valence-corrected chi connectivity index (χ0v) is 19.3. The number of hydrogen-bond acceptors (Lipinski definition) is 4. The van der Waals surface area contributed by atoms with Gasteiger partial charge in [-0.2, -0.15) is 0 Å². The van der Waals surface area contributed by atoms with E-state index >= 15 is 0 Å². The van der Waals surface area contributed by atoms with Gasteiger partial charge >= 0.3 is 6.03 Å². The Morgan fingerprint density at radius 2 is 1.70 bits per heavy atom. The molecule has 1 aliphatic heterocycles. The number of thiophene rings is 1. The number of amides is 3. The average molecular weight is 472 g/mol. The second-order valence-corrected chi connectivity index (χ2v) is 9.66. The normalized spacial score (nSPS) is 12.5. The fourth-order valence-corrected chi connectivity index (χ4v) is 5.38. The number of nitrogens with zero attached hydrogens (tertiary/aromatic N) is 1. The molecular formula is C26H21N3O2S2. The van der Waals surface area contributed by atoms with Crippen LogP contribution in [-0.4, -0.2) is 11.9 Å². The second kappa shape index (κ2) is 9.52. The van der Waals surface area contributed by atoms with E-state index in [-0.39, 0.29) is 11.9 Å². The summed E-state index contributed by atoms with van der Waals surface area (Å²) in [7, 11) is 0. The van der Waals surface area contributed by atoms with E-state index in [2.05, 4.69) is 10.6 Å². The average Bonchev–Trinajstić information content (AvgIpc) is 3.33. The molecule has 0 fully saturated rings. The van der Waals surface area contributed by atoms with Gasteiger partial charge in [0.1, 0.15) is 0 Å². The molecule has 1 aliphatic rings. The van der Waals surface area contributed by atoms with Crippen LogP contribution in [0.15, 0.2) is 100 Å². The van der Waals surface area contributed by atoms with Crippen LogP contribution in [0.4, 0.5) is 16.2 Å². The monoisotopic (exact) mass is 471 g/mol. The lowest BCUT2D eigenvalue weighted by Gasteiger charge is -2.24. The first-order chi connectivity index (χ1) is 16.2. The van der Waals surface area contributed by atoms with Crippen molar-refractivity contribution in [2.75, 3.05) is 10.2 Å². The summed E-state index contributed by atoms with van der Waals surface area (Å²) in [5, 5.41) is 7.76. The van der Waals surface area contributed by atoms with E-state index in [0.717, 1.165) is 25.9 Å². The van der Waals surface area contributed by atoms with Crippen molar-refractivity contribution in [2.24, 2.45) is 0 Å². The maximum Gasteiger partial charge on any atom is 0.319 e. The first-order valence-electron chi connectivity index (χ1n) is 10.5. The van der Waals surface area contributed by atoms with Crippen LogP contribution in [0.2, 0.25) is 0 Å². The molecular weight excluding hydrogens is 450 g/mol. The molecule has 164 valence electrons. The van der Waals surface area contributed by atoms with E-state index in [0.29, 0.717) is 24.3 Å². The first-order valence-corrected chi connectivity index (χ1v) is 12.2. The van der Waals surface area contributed by atoms with Gasteiger partial charge in [0.05, 0.1) is 24.3 Å². The zero-order valence-electron chi connectivity index (χ0n) is 17.7. The summed E-state index contributed by atoms with van der Waals surface area (Å²) >= 11 is 3.17. The van der Waals surface area contributed by atoms with Crippen molar-refractivity contribution < 1.29 is 9.59 Å². The molecule has 3 aromatic carbocycles. The van der Waals surface area contributed by atoms with Crippen LogP contribution in [0.1, 0.15) is 20.8 Å². The summed E-state index contributed by atoms with van der Waals surface area (Å²) in [6.07, 6.45) is 0. The van der Waals surface area contributed by atoms with E-state index in [1.807, 2.05) is 90.3 Å². The Morgan fingerprint density at radius 1 is 0.879 bits per heavy atom. The van der Waals surface area contributed by atoms with Gasteiger partial charge in [-0.15, -0.1) is 11.3 Å². The van der Waals surface area contributed by atoms with Crippen LogP contribution in [0.25, 0.3) is 0 Å². The van der Waals surface area contributed by atoms with Gasteiger partial charge in [-0.05, 0) is 47.3 Å². The van der Waals surface area contributed by atoms with Gasteiger partial charge in [-0.25, -0.2) is 4.79 Å². The van der Waals surface area contributed by atoms with E-state index in [9.17, 15) is 9.59 Å². The molecule has 0 saturated carbocycles. The van der Waals surface area contributed by atoms with Crippen LogP contribution >= 0.6 is 23.1 Å². The minimum Gasteiger partial charge on any atom is -0.333 e. The maximum atomic E-state index is 13.6. The summed E-state index contributed by atoms with van der Waals surface area (Å²) in [5.74, 6) is -0.0556. The number of fused-ring (bicyclic) bond motifs is 2. The number of nitrogens with one attached hydrogen (secondary N) is 2. The van der Waals surface area contributed by atoms with Crippen molar-refractivity contribution in [3.63, 3.8) is 0 Å². The van der Waals surface area contributed by atoms with Crippen molar-refractivity contribution in [3.05, 3.63) is 106 Å². The lowest BCUT2D eigenvalue weighted by molar-refractivity contribution is 0.0982. The number of benzene rings is 3. The molecule has 0 aliphatic carbocycles. The molecule has 3 amide bonds. The Hall–Kier alpha value is -3.55. The fraction of sp³-hybridized carbons (Fsp3) is 0.0769. The van der Waals surface area contributed by atoms with Crippen LogP contribution < -0.4 is 15.5 Å². The van der Waals surface area contributed by atoms with Gasteiger partial charge in [-0.3, -0.25) is 4.79 Å². The van der Waals surface area contributed by atoms with Crippen molar-refractivity contribution in [1.29, 1.82) is 0 Å². The Labute approximate surface area is 200 Å². The highest BCUT2D eigenvalue weighted by Crippen LogP contribution is 2.43. The van der Waals surface area contributed by atoms with Crippen molar-refractivity contribution >= 4 is 46.4 Å². The molecule has 33 heavy (non-hydrogen) atoms. The smallest absolute Gasteiger partial charge is 0.319 e. The van der Waals surface area contributed by atoms with Gasteiger partial charge in [0.15, 0.2) is 0 Å². The predicted octanol–water partition coefficient (Wildman–Crippen LogP) is 6.38. The molecule has 4 aromatic rings. The molecule has 0 bridgehead atoms. The van der Waals surface area contributed by atoms with Gasteiger partial charge in [0.25, 0.3) is 5.91 Å². The third kappa shape index (κ3) is 4.79. The Kier molecular flexibility index (Phi) is 6.15. The first kappa shape index (κ1) is 21.3. The third-order valence-corrected chi connectivity index (χ3v) is 7.29. The van der Waals surface area contributed by atoms with Crippen LogP contribution in [0.5, 0.6) is 0 Å². The van der Waals surface area contributed by atoms with E-state index in [1.165, 1.54) is 0 Å². The van der Waals surface area contributed by atoms with Crippen LogP contribution in [0.3, 0.4) is 0 Å². The quantitative estimate of drug-likeness (QED) is 0.355. The fourth-order valence-electron chi connectivity index (χ4n) is 3.68. The number of carbonyl (C=O) groups is 2. The lowest BCUT2D eigenvalue weighted by atomic mass is 10.1. The highest BCUT2D eigenvalue weighted by atomic mass is 32.2. The minimum atomic E-state index is -0.283. The summed E-state index contributed by atoms with van der Waals surface area (Å²) in [5.41, 5.74) is 3.13. The summed E-state index contributed by atoms with van der Waals surface area (Å²) < 4.78 is 0. The van der Waals surface area contributed by atoms with Crippen LogP contribution in [0, 0.1) is 0 Å². The Morgan fingerprint density at radius 3 is 2.52 bits per heavy atom. The predicted molar refractivity (Wildman–Crippen MR) is 134 cm³/mol. The minimum absolute atomic E-state index is 0.0556. The summed E-state index contributed by atoms with van der Waals surface area (Å²) in [4.78, 5) is 30.8. The molecule has 0 spiro atoms. The molecule has 0 radical (unpaired) electrons. The molecule has 7 heteroatoms. The standard InChI is InChI=1S/C26H21N3O2S2/c30-25-21-10-4-5-11-23(21)33-24-13-12-19(28-26(31)27-16-20-9-6-14-32-20)15-22(24)29(25)17-18-7-2-1-3-8-18/h1-15H,16-17H2,(H2,27,28,31). The van der Waals surface area contributed by atoms with Crippen LogP contribution in [-0.2, 0) is 13.1 Å². The zero-order chi connectivity index (χ0) is 22.6. The second-order valence-electron chi connectivity index (χ2n) is 7.54. The van der Waals surface area contributed by atoms with Gasteiger partial charge in [0, 0.05) is 20.4 Å². The molecule has 2 heterocycles. The van der Waals surface area contributed by atoms with E-state index in [4.69, 9.17) is 0 Å². The number of rotatable bonds is 5. The van der Waals surface area contributed by atoms with E-state index < -0.39 is 0 Å². The number of hydrogen-bond donors (Lipinski definition) is 2. The number of carbonyl (C=O) groups excluding carboxylic acids is 2. The number of urea groups is 1. The van der Waals surface area contributed by atoms with Gasteiger partial charge in [0.2, 0.25) is 0 Å². The highest BCUT2D eigenvalue weighted by Gasteiger charge is 2.27. The lowest BCUT2D eigenvalue weighted by Crippen LogP contribution is -2.31. The SMILES string of the molecule is O=C(NCc1cccs1)Nc1ccc2c(c1)N(Cc1ccccc1)C(=O)c1ccccc1S2. The molecule has 2 N–H and O–H groups in total. The summed E-state index contributed by atoms with van der Waals surface area (Å²) in [6, 6.07) is 27.0. The Balaban J connectivity index is 1.45. The third-order valence-electron chi connectivity index (χ3n) is 5.28. The molecule has 0 saturated heterocycles. The maximum absolute atomic E-state index is 13.6. The summed E-state index contributed by atoms with van der Waals surface area (Å²) in [6.45, 7) is 0.911. The molecule has 5 nitrogen and oxygen atoms in total. The Bertz CT molecular complexity index is 1290. The molecule has 5 rings (SSSR count). The highest BCUT2D eigenvalue weighted by molar-refractivity contribution is 7.99. The van der Waals surface area contributed by atoms with E-state index in [1.54, 1.807) is 28.0 Å². The molecule has 0 atom stereocenters. The van der Waals surface area contributed by atoms with Crippen molar-refractivity contribution in [1.82, 2.24) is 5.32 Å². The van der Waals surface area contributed by atoms with Crippen molar-refractivity contribution in [2.45, 2.75) is 22.9 Å². The largest absolute Gasteiger partial charge is 0.333 e. The topological polar surface area (TPSA) is 61.4 Å². The van der Waals surface area contributed by atoms with Crippen molar-refractivity contribution in [3.8, 4) is 0 Å². The molecule has 1 aromatic heterocycles.